The number of carbonyl (C=O) groups excluding carboxylic acids is 1. The molecule has 2 heterocycles. The van der Waals surface area contributed by atoms with Crippen LogP contribution in [-0.2, 0) is 24.1 Å². The Morgan fingerprint density at radius 2 is 2.20 bits per heavy atom. The van der Waals surface area contributed by atoms with Crippen LogP contribution in [-0.4, -0.2) is 26.7 Å². The fraction of sp³-hybridized carbons (Fsp3) is 0.391. The average Bonchev–Trinajstić information content (AvgIpc) is 3.26. The first-order valence-electron chi connectivity index (χ1n) is 10.2. The summed E-state index contributed by atoms with van der Waals surface area (Å²) in [5, 5.41) is 10.5. The summed E-state index contributed by atoms with van der Waals surface area (Å²) in [5.74, 6) is 0.715. The number of hydrogen-bond donors (Lipinski definition) is 1. The first-order valence-corrected chi connectivity index (χ1v) is 10.2. The number of primary amides is 1. The number of benzene rings is 1. The lowest BCUT2D eigenvalue weighted by Crippen LogP contribution is -2.17. The van der Waals surface area contributed by atoms with Crippen LogP contribution in [0.3, 0.4) is 0 Å². The zero-order valence-corrected chi connectivity index (χ0v) is 17.6. The highest BCUT2D eigenvalue weighted by molar-refractivity contribution is 5.87. The first kappa shape index (κ1) is 21.3. The van der Waals surface area contributed by atoms with E-state index in [1.54, 1.807) is 26.4 Å². The molecule has 4 rings (SSSR count). The average molecular weight is 408 g/mol. The van der Waals surface area contributed by atoms with Crippen molar-refractivity contribution in [3.63, 3.8) is 0 Å². The number of carbonyl (C=O) groups is 1. The van der Waals surface area contributed by atoms with Crippen LogP contribution in [0.2, 0.25) is 0 Å². The van der Waals surface area contributed by atoms with Crippen LogP contribution < -0.4 is 5.73 Å². The number of nitrogens with zero attached hydrogens (tertiary/aromatic N) is 4. The Labute approximate surface area is 178 Å². The molecule has 0 fully saturated rings. The van der Waals surface area contributed by atoms with Crippen molar-refractivity contribution in [1.29, 1.82) is 5.26 Å². The minimum absolute atomic E-state index is 0. The van der Waals surface area contributed by atoms with Gasteiger partial charge in [-0.2, -0.15) is 5.26 Å². The van der Waals surface area contributed by atoms with Crippen molar-refractivity contribution in [1.82, 2.24) is 14.5 Å². The quantitative estimate of drug-likeness (QED) is 0.697. The molecule has 1 aliphatic carbocycles. The molecule has 2 N–H and O–H groups in total. The summed E-state index contributed by atoms with van der Waals surface area (Å²) in [4.78, 5) is 18.2. The van der Waals surface area contributed by atoms with Crippen LogP contribution in [0.15, 0.2) is 36.8 Å². The molecule has 0 aliphatic heterocycles. The molecule has 3 aromatic rings. The molecule has 7 nitrogen and oxygen atoms in total. The van der Waals surface area contributed by atoms with Gasteiger partial charge in [0.05, 0.1) is 30.0 Å². The maximum absolute atomic E-state index is 9.81. The van der Waals surface area contributed by atoms with Gasteiger partial charge in [0.15, 0.2) is 0 Å². The van der Waals surface area contributed by atoms with Crippen molar-refractivity contribution in [3.8, 4) is 6.07 Å². The molecular weight excluding hydrogens is 378 g/mol. The Balaban J connectivity index is 0.000000373. The monoisotopic (exact) mass is 407 g/mol. The van der Waals surface area contributed by atoms with E-state index in [-0.39, 0.29) is 7.53 Å². The molecule has 1 atom stereocenters. The summed E-state index contributed by atoms with van der Waals surface area (Å²) in [5.41, 5.74) is 10.4. The number of hydrogen-bond acceptors (Lipinski definition) is 5. The predicted molar refractivity (Wildman–Crippen MR) is 117 cm³/mol. The van der Waals surface area contributed by atoms with Gasteiger partial charge in [-0.3, -0.25) is 0 Å². The Kier molecular flexibility index (Phi) is 6.68. The summed E-state index contributed by atoms with van der Waals surface area (Å²) >= 11 is 0. The summed E-state index contributed by atoms with van der Waals surface area (Å²) in [6.45, 7) is 6.50. The van der Waals surface area contributed by atoms with Crippen molar-refractivity contribution in [3.05, 3.63) is 59.3 Å². The summed E-state index contributed by atoms with van der Waals surface area (Å²) in [6.07, 6.45) is 6.01. The zero-order chi connectivity index (χ0) is 21.7. The topological polar surface area (TPSA) is 107 Å². The maximum atomic E-state index is 9.81. The first-order chi connectivity index (χ1) is 14.4. The van der Waals surface area contributed by atoms with Crippen molar-refractivity contribution >= 4 is 17.0 Å². The van der Waals surface area contributed by atoms with Crippen molar-refractivity contribution < 1.29 is 11.0 Å². The standard InChI is InChI=1S/C19H18N4.C4H9NO2.H2/c1-2-13-7-17-16-8-14(10-20)3-4-18(16)23(19(17)9-13)11-15-5-6-21-12-22-15;1-3(2)7-4(5)6;/h3-6,8,12-13H,2,7,9,11H2,1H3;3H,1-2H3,(H2,5,6);1H. The molecule has 2 aromatic heterocycles. The van der Waals surface area contributed by atoms with Crippen LogP contribution in [0.1, 0.15) is 51.1 Å². The van der Waals surface area contributed by atoms with Gasteiger partial charge in [0, 0.05) is 24.2 Å². The number of amides is 1. The van der Waals surface area contributed by atoms with Gasteiger partial charge in [-0.25, -0.2) is 14.8 Å². The minimum Gasteiger partial charge on any atom is -0.447 e. The van der Waals surface area contributed by atoms with Crippen molar-refractivity contribution in [2.45, 2.75) is 52.7 Å². The van der Waals surface area contributed by atoms with E-state index in [4.69, 9.17) is 0 Å². The van der Waals surface area contributed by atoms with Crippen LogP contribution >= 0.6 is 0 Å². The summed E-state index contributed by atoms with van der Waals surface area (Å²) in [6, 6.07) is 10.3. The molecule has 158 valence electrons. The highest BCUT2D eigenvalue weighted by Gasteiger charge is 2.27. The molecule has 0 radical (unpaired) electrons. The third-order valence-electron chi connectivity index (χ3n) is 5.28. The molecule has 7 heteroatoms. The Bertz CT molecular complexity index is 1070. The third-order valence-corrected chi connectivity index (χ3v) is 5.28. The van der Waals surface area contributed by atoms with Crippen molar-refractivity contribution in [2.75, 3.05) is 0 Å². The summed E-state index contributed by atoms with van der Waals surface area (Å²) < 4.78 is 6.77. The van der Waals surface area contributed by atoms with E-state index in [2.05, 4.69) is 44.1 Å². The Morgan fingerprint density at radius 1 is 1.40 bits per heavy atom. The molecule has 1 unspecified atom stereocenters. The van der Waals surface area contributed by atoms with Crippen LogP contribution in [0, 0.1) is 17.2 Å². The highest BCUT2D eigenvalue weighted by Crippen LogP contribution is 2.37. The molecule has 0 saturated heterocycles. The van der Waals surface area contributed by atoms with Gasteiger partial charge in [-0.15, -0.1) is 0 Å². The predicted octanol–water partition coefficient (Wildman–Crippen LogP) is 4.21. The van der Waals surface area contributed by atoms with E-state index in [9.17, 15) is 10.1 Å². The minimum atomic E-state index is -0.713. The highest BCUT2D eigenvalue weighted by atomic mass is 16.6. The lowest BCUT2D eigenvalue weighted by Gasteiger charge is -2.11. The zero-order valence-electron chi connectivity index (χ0n) is 17.6. The Hall–Kier alpha value is -3.40. The number of nitrogens with two attached hydrogens (primary N) is 1. The van der Waals surface area contributed by atoms with E-state index in [1.165, 1.54) is 28.6 Å². The normalized spacial score (nSPS) is 14.7. The smallest absolute Gasteiger partial charge is 0.404 e. The van der Waals surface area contributed by atoms with E-state index < -0.39 is 6.09 Å². The van der Waals surface area contributed by atoms with Gasteiger partial charge in [0.1, 0.15) is 6.33 Å². The van der Waals surface area contributed by atoms with Gasteiger partial charge in [-0.1, -0.05) is 13.3 Å². The number of fused-ring (bicyclic) bond motifs is 3. The largest absolute Gasteiger partial charge is 0.447 e. The van der Waals surface area contributed by atoms with Crippen LogP contribution in [0.25, 0.3) is 10.9 Å². The second kappa shape index (κ2) is 9.40. The molecule has 1 aliphatic rings. The fourth-order valence-corrected chi connectivity index (χ4v) is 3.92. The molecule has 1 amide bonds. The molecule has 30 heavy (non-hydrogen) atoms. The van der Waals surface area contributed by atoms with E-state index >= 15 is 0 Å². The number of nitriles is 1. The van der Waals surface area contributed by atoms with Gasteiger partial charge >= 0.3 is 6.09 Å². The lowest BCUT2D eigenvalue weighted by atomic mass is 10.0. The van der Waals surface area contributed by atoms with E-state index in [1.807, 2.05) is 18.2 Å². The molecule has 0 saturated carbocycles. The number of aromatic nitrogens is 3. The van der Waals surface area contributed by atoms with Crippen LogP contribution in [0.5, 0.6) is 0 Å². The lowest BCUT2D eigenvalue weighted by molar-refractivity contribution is 0.125. The SMILES string of the molecule is CC(C)OC(N)=O.CCC1Cc2c(n(Cc3ccncn3)c3ccc(C#N)cc23)C1.[HH]. The van der Waals surface area contributed by atoms with Gasteiger partial charge < -0.3 is 15.0 Å². The third kappa shape index (κ3) is 4.77. The fourth-order valence-electron chi connectivity index (χ4n) is 3.92. The van der Waals surface area contributed by atoms with Crippen molar-refractivity contribution in [2.24, 2.45) is 11.7 Å². The molecule has 0 bridgehead atoms. The number of rotatable bonds is 4. The maximum Gasteiger partial charge on any atom is 0.404 e. The van der Waals surface area contributed by atoms with Gasteiger partial charge in [-0.05, 0) is 62.4 Å². The second-order valence-electron chi connectivity index (χ2n) is 7.72. The Morgan fingerprint density at radius 3 is 2.77 bits per heavy atom. The number of ether oxygens (including phenoxy) is 1. The van der Waals surface area contributed by atoms with Gasteiger partial charge in [0.25, 0.3) is 0 Å². The molecule has 1 aromatic carbocycles. The molecular formula is C23H29N5O2. The summed E-state index contributed by atoms with van der Waals surface area (Å²) in [7, 11) is 0. The van der Waals surface area contributed by atoms with Gasteiger partial charge in [0.2, 0.25) is 0 Å². The van der Waals surface area contributed by atoms with E-state index in [0.717, 1.165) is 30.6 Å². The second-order valence-corrected chi connectivity index (χ2v) is 7.72. The van der Waals surface area contributed by atoms with Crippen LogP contribution in [0.4, 0.5) is 4.79 Å². The molecule has 0 spiro atoms. The van der Waals surface area contributed by atoms with E-state index in [0.29, 0.717) is 5.92 Å².